The van der Waals surface area contributed by atoms with Gasteiger partial charge >= 0.3 is 6.09 Å². The lowest BCUT2D eigenvalue weighted by atomic mass is 9.85. The lowest BCUT2D eigenvalue weighted by molar-refractivity contribution is -0.0668. The van der Waals surface area contributed by atoms with Gasteiger partial charge < -0.3 is 9.64 Å². The Labute approximate surface area is 219 Å². The van der Waals surface area contributed by atoms with Crippen LogP contribution in [0.15, 0.2) is 72.9 Å². The summed E-state index contributed by atoms with van der Waals surface area (Å²) in [5.41, 5.74) is 4.26. The first-order valence-electron chi connectivity index (χ1n) is 12.8. The van der Waals surface area contributed by atoms with Crippen LogP contribution in [0.2, 0.25) is 0 Å². The number of carbonyl (C=O) groups is 1. The molecule has 0 aliphatic carbocycles. The number of hydrogen-bond acceptors (Lipinski definition) is 5. The van der Waals surface area contributed by atoms with E-state index in [1.54, 1.807) is 4.90 Å². The van der Waals surface area contributed by atoms with E-state index < -0.39 is 15.6 Å². The molecule has 194 valence electrons. The fourth-order valence-electron chi connectivity index (χ4n) is 5.39. The van der Waals surface area contributed by atoms with E-state index in [9.17, 15) is 13.2 Å². The van der Waals surface area contributed by atoms with E-state index in [1.165, 1.54) is 4.31 Å². The standard InChI is InChI=1S/C29H33N3O4S/c1-22-21-26(13-16-30-22)25-11-9-24(10-12-25)23(2)32-19-15-29(36-28(32)33,27-7-4-3-5-8-27)14-18-31-17-6-20-37(31,34)35/h3-5,7-13,16,21,23H,6,14-15,17-20H2,1-2H3/t23-,29+/m0/s1. The summed E-state index contributed by atoms with van der Waals surface area (Å²) in [6, 6.07) is 21.8. The largest absolute Gasteiger partial charge is 0.438 e. The molecule has 2 aliphatic heterocycles. The summed E-state index contributed by atoms with van der Waals surface area (Å²) in [5.74, 6) is 0.190. The average Bonchev–Trinajstić information content (AvgIpc) is 3.25. The Balaban J connectivity index is 1.33. The number of aromatic nitrogens is 1. The van der Waals surface area contributed by atoms with E-state index in [-0.39, 0.29) is 17.9 Å². The Morgan fingerprint density at radius 2 is 1.78 bits per heavy atom. The topological polar surface area (TPSA) is 79.8 Å². The highest BCUT2D eigenvalue weighted by atomic mass is 32.2. The summed E-state index contributed by atoms with van der Waals surface area (Å²) >= 11 is 0. The molecule has 0 bridgehead atoms. The molecule has 1 aromatic heterocycles. The van der Waals surface area contributed by atoms with Crippen molar-refractivity contribution in [3.63, 3.8) is 0 Å². The zero-order valence-electron chi connectivity index (χ0n) is 21.3. The Kier molecular flexibility index (Phi) is 7.05. The number of rotatable bonds is 7. The number of ether oxygens (including phenoxy) is 1. The van der Waals surface area contributed by atoms with Crippen molar-refractivity contribution in [2.24, 2.45) is 0 Å². The predicted octanol–water partition coefficient (Wildman–Crippen LogP) is 5.28. The van der Waals surface area contributed by atoms with Gasteiger partial charge in [0, 0.05) is 44.4 Å². The molecule has 0 N–H and O–H groups in total. The van der Waals surface area contributed by atoms with Crippen LogP contribution in [0, 0.1) is 6.92 Å². The van der Waals surface area contributed by atoms with Gasteiger partial charge in [-0.1, -0.05) is 54.6 Å². The minimum atomic E-state index is -3.22. The zero-order valence-corrected chi connectivity index (χ0v) is 22.2. The number of sulfonamides is 1. The molecule has 37 heavy (non-hydrogen) atoms. The summed E-state index contributed by atoms with van der Waals surface area (Å²) in [6.07, 6.45) is 3.11. The molecule has 1 amide bonds. The number of aryl methyl sites for hydroxylation is 1. The van der Waals surface area contributed by atoms with E-state index in [1.807, 2.05) is 56.4 Å². The molecule has 0 spiro atoms. The van der Waals surface area contributed by atoms with E-state index in [2.05, 4.69) is 35.3 Å². The second kappa shape index (κ2) is 10.3. The van der Waals surface area contributed by atoms with Gasteiger partial charge in [0.1, 0.15) is 5.60 Å². The number of hydrogen-bond donors (Lipinski definition) is 0. The number of pyridine rings is 1. The minimum absolute atomic E-state index is 0.159. The van der Waals surface area contributed by atoms with Gasteiger partial charge in [-0.2, -0.15) is 0 Å². The molecule has 2 atom stereocenters. The summed E-state index contributed by atoms with van der Waals surface area (Å²) in [4.78, 5) is 19.4. The molecule has 5 rings (SSSR count). The van der Waals surface area contributed by atoms with Crippen LogP contribution in [-0.4, -0.2) is 54.1 Å². The van der Waals surface area contributed by atoms with Gasteiger partial charge in [0.05, 0.1) is 11.8 Å². The number of benzene rings is 2. The van der Waals surface area contributed by atoms with Crippen molar-refractivity contribution in [1.29, 1.82) is 0 Å². The van der Waals surface area contributed by atoms with Crippen molar-refractivity contribution in [2.75, 3.05) is 25.4 Å². The van der Waals surface area contributed by atoms with E-state index >= 15 is 0 Å². The van der Waals surface area contributed by atoms with Crippen molar-refractivity contribution >= 4 is 16.1 Å². The molecular weight excluding hydrogens is 486 g/mol. The lowest BCUT2D eigenvalue weighted by Crippen LogP contribution is -2.50. The van der Waals surface area contributed by atoms with Crippen LogP contribution in [0.4, 0.5) is 4.79 Å². The Hall–Kier alpha value is -3.23. The van der Waals surface area contributed by atoms with Gasteiger partial charge in [-0.3, -0.25) is 4.98 Å². The van der Waals surface area contributed by atoms with Crippen LogP contribution < -0.4 is 0 Å². The predicted molar refractivity (Wildman–Crippen MR) is 143 cm³/mol. The van der Waals surface area contributed by atoms with Crippen LogP contribution in [0.5, 0.6) is 0 Å². The Morgan fingerprint density at radius 3 is 2.43 bits per heavy atom. The molecule has 0 saturated carbocycles. The number of cyclic esters (lactones) is 1. The van der Waals surface area contributed by atoms with Gasteiger partial charge in [0.2, 0.25) is 10.0 Å². The molecule has 2 aliphatic rings. The van der Waals surface area contributed by atoms with E-state index in [4.69, 9.17) is 4.74 Å². The summed E-state index contributed by atoms with van der Waals surface area (Å²) in [6.45, 7) is 5.38. The number of nitrogens with zero attached hydrogens (tertiary/aromatic N) is 3. The normalized spacial score (nSPS) is 22.5. The first-order valence-corrected chi connectivity index (χ1v) is 14.4. The Bertz CT molecular complexity index is 1360. The smallest absolute Gasteiger partial charge is 0.411 e. The Morgan fingerprint density at radius 1 is 1.03 bits per heavy atom. The van der Waals surface area contributed by atoms with Crippen molar-refractivity contribution in [3.05, 3.63) is 89.7 Å². The van der Waals surface area contributed by atoms with Gasteiger partial charge in [0.25, 0.3) is 0 Å². The van der Waals surface area contributed by atoms with E-state index in [0.29, 0.717) is 38.9 Å². The first kappa shape index (κ1) is 25.4. The molecule has 3 heterocycles. The fourth-order valence-corrected chi connectivity index (χ4v) is 6.92. The molecule has 0 radical (unpaired) electrons. The van der Waals surface area contributed by atoms with Crippen molar-refractivity contribution < 1.29 is 17.9 Å². The monoisotopic (exact) mass is 519 g/mol. The van der Waals surface area contributed by atoms with Crippen LogP contribution in [0.1, 0.15) is 49.0 Å². The highest BCUT2D eigenvalue weighted by molar-refractivity contribution is 7.89. The molecule has 2 aromatic carbocycles. The molecule has 7 nitrogen and oxygen atoms in total. The third-order valence-corrected chi connectivity index (χ3v) is 9.59. The molecule has 0 unspecified atom stereocenters. The van der Waals surface area contributed by atoms with Crippen molar-refractivity contribution in [2.45, 2.75) is 44.8 Å². The quantitative estimate of drug-likeness (QED) is 0.424. The minimum Gasteiger partial charge on any atom is -0.438 e. The van der Waals surface area contributed by atoms with Crippen LogP contribution in [0.3, 0.4) is 0 Å². The molecule has 2 fully saturated rings. The second-order valence-corrected chi connectivity index (χ2v) is 12.1. The number of amides is 1. The molecular formula is C29H33N3O4S. The van der Waals surface area contributed by atoms with Gasteiger partial charge in [-0.05, 0) is 54.7 Å². The zero-order chi connectivity index (χ0) is 26.0. The maximum Gasteiger partial charge on any atom is 0.411 e. The molecule has 3 aromatic rings. The van der Waals surface area contributed by atoms with E-state index in [0.717, 1.165) is 27.9 Å². The van der Waals surface area contributed by atoms with Crippen molar-refractivity contribution in [3.8, 4) is 11.1 Å². The third-order valence-electron chi connectivity index (χ3n) is 7.63. The maximum atomic E-state index is 13.4. The molecule has 2 saturated heterocycles. The van der Waals surface area contributed by atoms with Gasteiger partial charge in [0.15, 0.2) is 0 Å². The number of carbonyl (C=O) groups excluding carboxylic acids is 1. The van der Waals surface area contributed by atoms with Crippen molar-refractivity contribution in [1.82, 2.24) is 14.2 Å². The SMILES string of the molecule is Cc1cc(-c2ccc([C@H](C)N3CC[C@](CCN4CCCS4(=O)=O)(c4ccccc4)OC3=O)cc2)ccn1. The van der Waals surface area contributed by atoms with Crippen LogP contribution in [0.25, 0.3) is 11.1 Å². The van der Waals surface area contributed by atoms with Crippen LogP contribution in [-0.2, 0) is 20.4 Å². The highest BCUT2D eigenvalue weighted by Gasteiger charge is 2.44. The summed E-state index contributed by atoms with van der Waals surface area (Å²) < 4.78 is 32.5. The third kappa shape index (κ3) is 5.26. The fraction of sp³-hybridized carbons (Fsp3) is 0.379. The summed E-state index contributed by atoms with van der Waals surface area (Å²) in [7, 11) is -3.22. The average molecular weight is 520 g/mol. The van der Waals surface area contributed by atoms with Crippen LogP contribution >= 0.6 is 0 Å². The van der Waals surface area contributed by atoms with Gasteiger partial charge in [-0.15, -0.1) is 0 Å². The highest BCUT2D eigenvalue weighted by Crippen LogP contribution is 2.40. The van der Waals surface area contributed by atoms with Gasteiger partial charge in [-0.25, -0.2) is 17.5 Å². The first-order chi connectivity index (χ1) is 17.8. The second-order valence-electron chi connectivity index (χ2n) is 9.97. The lowest BCUT2D eigenvalue weighted by Gasteiger charge is -2.44. The maximum absolute atomic E-state index is 13.4. The summed E-state index contributed by atoms with van der Waals surface area (Å²) in [5, 5.41) is 0. The molecule has 8 heteroatoms.